The number of aromatic nitrogens is 1. The van der Waals surface area contributed by atoms with Gasteiger partial charge in [0, 0.05) is 5.92 Å². The molecule has 0 aliphatic heterocycles. The number of rotatable bonds is 5. The second-order valence-corrected chi connectivity index (χ2v) is 4.70. The molecule has 6 nitrogen and oxygen atoms in total. The Hall–Kier alpha value is -1.37. The van der Waals surface area contributed by atoms with Crippen molar-refractivity contribution in [2.24, 2.45) is 11.7 Å². The van der Waals surface area contributed by atoms with E-state index in [2.05, 4.69) is 15.6 Å². The van der Waals surface area contributed by atoms with Crippen LogP contribution in [0.5, 0.6) is 0 Å². The fraction of sp³-hybridized carbons (Fsp3) is 0.462. The van der Waals surface area contributed by atoms with E-state index >= 15 is 0 Å². The topological polar surface area (TPSA) is 97.1 Å². The van der Waals surface area contributed by atoms with Gasteiger partial charge in [0.2, 0.25) is 11.8 Å². The Morgan fingerprint density at radius 1 is 1.33 bits per heavy atom. The third kappa shape index (κ3) is 5.87. The number of carbonyl (C=O) groups is 2. The minimum absolute atomic E-state index is 0. The summed E-state index contributed by atoms with van der Waals surface area (Å²) in [5.41, 5.74) is 6.18. The molecule has 1 aromatic heterocycles. The summed E-state index contributed by atoms with van der Waals surface area (Å²) in [7, 11) is 0. The molecule has 8 heteroatoms. The van der Waals surface area contributed by atoms with Gasteiger partial charge < -0.3 is 16.4 Å². The van der Waals surface area contributed by atoms with Crippen LogP contribution in [0.1, 0.15) is 26.2 Å². The lowest BCUT2D eigenvalue weighted by molar-refractivity contribution is -0.118. The van der Waals surface area contributed by atoms with Gasteiger partial charge in [-0.3, -0.25) is 9.59 Å². The van der Waals surface area contributed by atoms with E-state index in [4.69, 9.17) is 5.73 Å². The number of carbonyl (C=O) groups excluding carboxylic acids is 2. The van der Waals surface area contributed by atoms with Gasteiger partial charge in [0.1, 0.15) is 5.82 Å². The van der Waals surface area contributed by atoms with Gasteiger partial charge in [-0.15, -0.1) is 24.8 Å². The van der Waals surface area contributed by atoms with Crippen LogP contribution < -0.4 is 16.4 Å². The fourth-order valence-corrected chi connectivity index (χ4v) is 1.54. The van der Waals surface area contributed by atoms with Crippen LogP contribution in [-0.4, -0.2) is 22.8 Å². The summed E-state index contributed by atoms with van der Waals surface area (Å²) in [5.74, 6) is 0.412. The highest BCUT2D eigenvalue weighted by atomic mass is 35.5. The molecular formula is C13H20Cl2N4O2. The molecule has 1 aliphatic rings. The van der Waals surface area contributed by atoms with Crippen LogP contribution >= 0.6 is 24.8 Å². The van der Waals surface area contributed by atoms with Crippen molar-refractivity contribution in [1.29, 1.82) is 0 Å². The van der Waals surface area contributed by atoms with Crippen LogP contribution in [0.25, 0.3) is 0 Å². The Morgan fingerprint density at radius 2 is 2.00 bits per heavy atom. The number of amides is 2. The lowest BCUT2D eigenvalue weighted by Crippen LogP contribution is -2.34. The van der Waals surface area contributed by atoms with E-state index in [1.807, 2.05) is 6.92 Å². The zero-order valence-electron chi connectivity index (χ0n) is 11.7. The zero-order chi connectivity index (χ0) is 13.8. The average molecular weight is 335 g/mol. The Kier molecular flexibility index (Phi) is 8.24. The van der Waals surface area contributed by atoms with Crippen LogP contribution in [0.4, 0.5) is 11.5 Å². The third-order valence-corrected chi connectivity index (χ3v) is 3.01. The summed E-state index contributed by atoms with van der Waals surface area (Å²) >= 11 is 0. The maximum absolute atomic E-state index is 11.6. The second-order valence-electron chi connectivity index (χ2n) is 4.70. The van der Waals surface area contributed by atoms with Crippen molar-refractivity contribution in [3.8, 4) is 0 Å². The van der Waals surface area contributed by atoms with Crippen LogP contribution in [0.3, 0.4) is 0 Å². The van der Waals surface area contributed by atoms with E-state index < -0.39 is 6.04 Å². The molecule has 2 amide bonds. The molecule has 2 rings (SSSR count). The predicted octanol–water partition coefficient (Wildman–Crippen LogP) is 1.95. The van der Waals surface area contributed by atoms with Crippen molar-refractivity contribution >= 4 is 48.1 Å². The molecule has 1 heterocycles. The molecule has 118 valence electrons. The van der Waals surface area contributed by atoms with Crippen molar-refractivity contribution < 1.29 is 9.59 Å². The lowest BCUT2D eigenvalue weighted by Gasteiger charge is -2.10. The zero-order valence-corrected chi connectivity index (χ0v) is 13.3. The van der Waals surface area contributed by atoms with Crippen molar-refractivity contribution in [2.45, 2.75) is 32.2 Å². The predicted molar refractivity (Wildman–Crippen MR) is 87.0 cm³/mol. The molecule has 0 spiro atoms. The van der Waals surface area contributed by atoms with Crippen LogP contribution in [0.15, 0.2) is 18.3 Å². The maximum atomic E-state index is 11.6. The SMILES string of the molecule is CC[C@H](N)C(=O)Nc1ccc(NC(=O)C2CC2)nc1.Cl.Cl. The van der Waals surface area contributed by atoms with E-state index in [9.17, 15) is 9.59 Å². The van der Waals surface area contributed by atoms with E-state index in [-0.39, 0.29) is 42.5 Å². The van der Waals surface area contributed by atoms with Crippen LogP contribution in [-0.2, 0) is 9.59 Å². The first-order valence-corrected chi connectivity index (χ1v) is 6.43. The second kappa shape index (κ2) is 8.81. The fourth-order valence-electron chi connectivity index (χ4n) is 1.54. The molecule has 0 aromatic carbocycles. The van der Waals surface area contributed by atoms with E-state index in [1.54, 1.807) is 12.1 Å². The summed E-state index contributed by atoms with van der Waals surface area (Å²) in [6.07, 6.45) is 3.99. The highest BCUT2D eigenvalue weighted by molar-refractivity contribution is 5.95. The molecule has 4 N–H and O–H groups in total. The number of pyridine rings is 1. The number of nitrogens with two attached hydrogens (primary N) is 1. The number of halogens is 2. The highest BCUT2D eigenvalue weighted by Gasteiger charge is 2.29. The molecular weight excluding hydrogens is 315 g/mol. The quantitative estimate of drug-likeness (QED) is 0.766. The molecule has 1 aliphatic carbocycles. The molecule has 0 radical (unpaired) electrons. The minimum atomic E-state index is -0.519. The van der Waals surface area contributed by atoms with Gasteiger partial charge in [-0.2, -0.15) is 0 Å². The molecule has 1 fully saturated rings. The van der Waals surface area contributed by atoms with Crippen LogP contribution in [0, 0.1) is 5.92 Å². The van der Waals surface area contributed by atoms with Crippen molar-refractivity contribution in [3.05, 3.63) is 18.3 Å². The normalized spacial score (nSPS) is 14.2. The van der Waals surface area contributed by atoms with Crippen molar-refractivity contribution in [1.82, 2.24) is 4.98 Å². The first-order valence-electron chi connectivity index (χ1n) is 6.43. The average Bonchev–Trinajstić information content (AvgIpc) is 3.24. The van der Waals surface area contributed by atoms with Gasteiger partial charge in [0.15, 0.2) is 0 Å². The molecule has 1 atom stereocenters. The van der Waals surface area contributed by atoms with Gasteiger partial charge >= 0.3 is 0 Å². The van der Waals surface area contributed by atoms with Gasteiger partial charge in [0.05, 0.1) is 17.9 Å². The van der Waals surface area contributed by atoms with Gasteiger partial charge in [0.25, 0.3) is 0 Å². The first kappa shape index (κ1) is 19.6. The molecule has 1 aromatic rings. The Morgan fingerprint density at radius 3 is 2.48 bits per heavy atom. The summed E-state index contributed by atoms with van der Waals surface area (Å²) in [5, 5.41) is 5.40. The number of nitrogens with one attached hydrogen (secondary N) is 2. The number of nitrogens with zero attached hydrogens (tertiary/aromatic N) is 1. The molecule has 0 bridgehead atoms. The van der Waals surface area contributed by atoms with E-state index in [0.717, 1.165) is 12.8 Å². The Labute approximate surface area is 136 Å². The maximum Gasteiger partial charge on any atom is 0.241 e. The summed E-state index contributed by atoms with van der Waals surface area (Å²) in [6.45, 7) is 1.85. The minimum Gasteiger partial charge on any atom is -0.323 e. The number of hydrogen-bond donors (Lipinski definition) is 3. The monoisotopic (exact) mass is 334 g/mol. The third-order valence-electron chi connectivity index (χ3n) is 3.01. The first-order chi connectivity index (χ1) is 9.10. The Balaban J connectivity index is 0.00000200. The van der Waals surface area contributed by atoms with Gasteiger partial charge in [-0.1, -0.05) is 6.92 Å². The number of anilines is 2. The summed E-state index contributed by atoms with van der Waals surface area (Å²) in [6, 6.07) is 2.83. The molecule has 1 saturated carbocycles. The highest BCUT2D eigenvalue weighted by Crippen LogP contribution is 2.29. The van der Waals surface area contributed by atoms with Gasteiger partial charge in [-0.25, -0.2) is 4.98 Å². The van der Waals surface area contributed by atoms with Gasteiger partial charge in [-0.05, 0) is 31.4 Å². The largest absolute Gasteiger partial charge is 0.323 e. The van der Waals surface area contributed by atoms with Crippen molar-refractivity contribution in [3.63, 3.8) is 0 Å². The molecule has 0 unspecified atom stereocenters. The smallest absolute Gasteiger partial charge is 0.241 e. The van der Waals surface area contributed by atoms with Crippen molar-refractivity contribution in [2.75, 3.05) is 10.6 Å². The lowest BCUT2D eigenvalue weighted by atomic mass is 10.2. The summed E-state index contributed by atoms with van der Waals surface area (Å²) in [4.78, 5) is 27.2. The van der Waals surface area contributed by atoms with E-state index in [1.165, 1.54) is 6.20 Å². The molecule has 21 heavy (non-hydrogen) atoms. The summed E-state index contributed by atoms with van der Waals surface area (Å²) < 4.78 is 0. The standard InChI is InChI=1S/C13H18N4O2.2ClH/c1-2-10(14)13(19)16-9-5-6-11(15-7-9)17-12(18)8-3-4-8;;/h5-8,10H,2-4,14H2,1H3,(H,16,19)(H,15,17,18);2*1H/t10-;;/m0../s1. The van der Waals surface area contributed by atoms with E-state index in [0.29, 0.717) is 17.9 Å². The van der Waals surface area contributed by atoms with Crippen LogP contribution in [0.2, 0.25) is 0 Å². The molecule has 0 saturated heterocycles. The number of hydrogen-bond acceptors (Lipinski definition) is 4. The Bertz CT molecular complexity index is 478.